The fraction of sp³-hybridized carbons (Fsp3) is 0.935. The molecule has 17 nitrogen and oxygen atoms in total. The lowest BCUT2D eigenvalue weighted by Crippen LogP contribution is -2.30. The molecule has 0 bridgehead atoms. The van der Waals surface area contributed by atoms with E-state index in [1.165, 1.54) is 128 Å². The largest absolute Gasteiger partial charge is 0.472 e. The van der Waals surface area contributed by atoms with Crippen LogP contribution in [-0.2, 0) is 65.4 Å². The molecule has 0 radical (unpaired) electrons. The van der Waals surface area contributed by atoms with Crippen molar-refractivity contribution in [3.8, 4) is 0 Å². The predicted octanol–water partition coefficient (Wildman–Crippen LogP) is 17.0. The molecule has 0 aliphatic rings. The molecule has 0 aliphatic carbocycles. The zero-order valence-corrected chi connectivity index (χ0v) is 53.7. The van der Waals surface area contributed by atoms with Crippen LogP contribution >= 0.6 is 15.6 Å². The number of carbonyl (C=O) groups excluding carboxylic acids is 4. The maximum Gasteiger partial charge on any atom is 0.472 e. The molecule has 0 aromatic carbocycles. The number of unbranched alkanes of at least 4 members (excludes halogenated alkanes) is 34. The molecule has 0 aromatic rings. The first kappa shape index (κ1) is 79.1. The minimum atomic E-state index is -4.94. The fourth-order valence-corrected chi connectivity index (χ4v) is 10.8. The van der Waals surface area contributed by atoms with Gasteiger partial charge < -0.3 is 33.8 Å². The van der Waals surface area contributed by atoms with Crippen LogP contribution in [0.1, 0.15) is 311 Å². The standard InChI is InChI=1S/C62H120O17P2/c1-6-9-12-15-17-19-27-31-36-41-46-60(65)73-52-58(79-62(67)48-43-38-33-29-25-23-21-22-24-26-30-35-39-44-55(4)5)54-77-81(70,71)75-50-56(63)49-74-80(68,69)76-53-57(51-72-59(64)45-40-34-14-11-8-3)78-61(66)47-42-37-32-28-20-18-16-13-10-7-2/h55-58,63H,6-54H2,1-5H3,(H,68,69)(H,70,71)/t56-,57+,58+/m0/s1. The molecular weight excluding hydrogens is 1080 g/mol. The van der Waals surface area contributed by atoms with Crippen LogP contribution in [0.3, 0.4) is 0 Å². The Kier molecular flexibility index (Phi) is 54.6. The van der Waals surface area contributed by atoms with Crippen molar-refractivity contribution in [1.82, 2.24) is 0 Å². The number of aliphatic hydroxyl groups is 1. The SMILES string of the molecule is CCCCCCCCCCCCC(=O)OC[C@H](COP(=O)(O)OC[C@@H](O)COP(=O)(O)OC[C@@H](COC(=O)CCCCCCC)OC(=O)CCCCCCCCCCCC)OC(=O)CCCCCCCCCCCCCCCC(C)C. The Labute approximate surface area is 492 Å². The first-order chi connectivity index (χ1) is 39.0. The lowest BCUT2D eigenvalue weighted by molar-refractivity contribution is -0.161. The van der Waals surface area contributed by atoms with Crippen molar-refractivity contribution in [2.24, 2.45) is 5.92 Å². The van der Waals surface area contributed by atoms with Crippen LogP contribution in [0.25, 0.3) is 0 Å². The number of hydrogen-bond acceptors (Lipinski definition) is 15. The fourth-order valence-electron chi connectivity index (χ4n) is 9.23. The second-order valence-corrected chi connectivity index (χ2v) is 25.8. The lowest BCUT2D eigenvalue weighted by atomic mass is 10.0. The number of carbonyl (C=O) groups is 4. The number of aliphatic hydroxyl groups excluding tert-OH is 1. The average Bonchev–Trinajstić information content (AvgIpc) is 3.43. The Balaban J connectivity index is 5.15. The van der Waals surface area contributed by atoms with Gasteiger partial charge in [-0.15, -0.1) is 0 Å². The van der Waals surface area contributed by atoms with E-state index in [9.17, 15) is 43.2 Å². The average molecular weight is 1200 g/mol. The summed E-state index contributed by atoms with van der Waals surface area (Å²) in [4.78, 5) is 71.8. The Morgan fingerprint density at radius 3 is 0.840 bits per heavy atom. The second-order valence-electron chi connectivity index (χ2n) is 22.9. The lowest BCUT2D eigenvalue weighted by Gasteiger charge is -2.21. The van der Waals surface area contributed by atoms with Crippen LogP contribution in [0.5, 0.6) is 0 Å². The maximum absolute atomic E-state index is 12.9. The van der Waals surface area contributed by atoms with Gasteiger partial charge in [-0.1, -0.05) is 259 Å². The van der Waals surface area contributed by atoms with Gasteiger partial charge in [-0.3, -0.25) is 37.3 Å². The summed E-state index contributed by atoms with van der Waals surface area (Å²) < 4.78 is 67.7. The number of rotatable bonds is 62. The zero-order valence-electron chi connectivity index (χ0n) is 51.9. The van der Waals surface area contributed by atoms with E-state index in [0.29, 0.717) is 25.7 Å². The summed E-state index contributed by atoms with van der Waals surface area (Å²) in [7, 11) is -9.87. The summed E-state index contributed by atoms with van der Waals surface area (Å²) in [6.45, 7) is 7.10. The molecule has 0 amide bonds. The predicted molar refractivity (Wildman–Crippen MR) is 322 cm³/mol. The highest BCUT2D eigenvalue weighted by Gasteiger charge is 2.30. The van der Waals surface area contributed by atoms with E-state index in [2.05, 4.69) is 34.6 Å². The van der Waals surface area contributed by atoms with E-state index in [1.807, 2.05) is 0 Å². The highest BCUT2D eigenvalue weighted by atomic mass is 31.2. The summed E-state index contributed by atoms with van der Waals surface area (Å²) in [6.07, 6.45) is 39.2. The van der Waals surface area contributed by atoms with Gasteiger partial charge in [-0.2, -0.15) is 0 Å². The minimum Gasteiger partial charge on any atom is -0.462 e. The van der Waals surface area contributed by atoms with Gasteiger partial charge >= 0.3 is 39.5 Å². The van der Waals surface area contributed by atoms with Crippen LogP contribution in [0.4, 0.5) is 0 Å². The molecule has 0 saturated carbocycles. The van der Waals surface area contributed by atoms with Gasteiger partial charge in [0, 0.05) is 25.7 Å². The summed E-state index contributed by atoms with van der Waals surface area (Å²) in [5, 5.41) is 10.5. The minimum absolute atomic E-state index is 0.105. The Morgan fingerprint density at radius 1 is 0.333 bits per heavy atom. The molecule has 5 atom stereocenters. The van der Waals surface area contributed by atoms with Crippen LogP contribution in [0.2, 0.25) is 0 Å². The molecule has 2 unspecified atom stereocenters. The number of phosphoric acid groups is 2. The van der Waals surface area contributed by atoms with E-state index in [4.69, 9.17) is 37.0 Å². The summed E-state index contributed by atoms with van der Waals surface area (Å²) in [6, 6.07) is 0. The van der Waals surface area contributed by atoms with Crippen molar-refractivity contribution in [3.63, 3.8) is 0 Å². The summed E-state index contributed by atoms with van der Waals surface area (Å²) in [5.74, 6) is -1.36. The number of esters is 4. The molecule has 0 aromatic heterocycles. The van der Waals surface area contributed by atoms with Gasteiger partial charge in [0.15, 0.2) is 12.2 Å². The van der Waals surface area contributed by atoms with Gasteiger partial charge in [0.2, 0.25) is 0 Å². The highest BCUT2D eigenvalue weighted by molar-refractivity contribution is 7.47. The van der Waals surface area contributed by atoms with Gasteiger partial charge in [-0.25, -0.2) is 9.13 Å². The molecule has 81 heavy (non-hydrogen) atoms. The van der Waals surface area contributed by atoms with Crippen LogP contribution < -0.4 is 0 Å². The van der Waals surface area contributed by atoms with Crippen LogP contribution in [0, 0.1) is 5.92 Å². The van der Waals surface area contributed by atoms with Gasteiger partial charge in [0.1, 0.15) is 19.3 Å². The molecule has 0 saturated heterocycles. The van der Waals surface area contributed by atoms with Crippen molar-refractivity contribution in [1.29, 1.82) is 0 Å². The molecule has 0 heterocycles. The van der Waals surface area contributed by atoms with Crippen molar-refractivity contribution >= 4 is 39.5 Å². The molecule has 0 fully saturated rings. The van der Waals surface area contributed by atoms with E-state index >= 15 is 0 Å². The topological polar surface area (TPSA) is 237 Å². The van der Waals surface area contributed by atoms with Crippen molar-refractivity contribution in [3.05, 3.63) is 0 Å². The quantitative estimate of drug-likeness (QED) is 0.0222. The van der Waals surface area contributed by atoms with Gasteiger partial charge in [-0.05, 0) is 31.6 Å². The monoisotopic (exact) mass is 1200 g/mol. The number of phosphoric ester groups is 2. The second kappa shape index (κ2) is 55.9. The van der Waals surface area contributed by atoms with E-state index in [1.54, 1.807) is 0 Å². The Bertz CT molecular complexity index is 1580. The van der Waals surface area contributed by atoms with E-state index in [0.717, 1.165) is 102 Å². The molecule has 480 valence electrons. The first-order valence-corrected chi connectivity index (χ1v) is 35.6. The van der Waals surface area contributed by atoms with E-state index < -0.39 is 97.5 Å². The Hall–Kier alpha value is -1.94. The molecule has 0 aliphatic heterocycles. The van der Waals surface area contributed by atoms with Gasteiger partial charge in [0.25, 0.3) is 0 Å². The summed E-state index contributed by atoms with van der Waals surface area (Å²) in [5.41, 5.74) is 0. The Morgan fingerprint density at radius 2 is 0.568 bits per heavy atom. The maximum atomic E-state index is 12.9. The van der Waals surface area contributed by atoms with Crippen molar-refractivity contribution < 1.29 is 80.2 Å². The normalized spacial score (nSPS) is 14.3. The molecule has 3 N–H and O–H groups in total. The van der Waals surface area contributed by atoms with Crippen LogP contribution in [0.15, 0.2) is 0 Å². The van der Waals surface area contributed by atoms with E-state index in [-0.39, 0.29) is 25.7 Å². The van der Waals surface area contributed by atoms with Gasteiger partial charge in [0.05, 0.1) is 26.4 Å². The number of hydrogen-bond donors (Lipinski definition) is 3. The third kappa shape index (κ3) is 56.9. The summed E-state index contributed by atoms with van der Waals surface area (Å²) >= 11 is 0. The first-order valence-electron chi connectivity index (χ1n) is 32.6. The highest BCUT2D eigenvalue weighted by Crippen LogP contribution is 2.45. The molecule has 19 heteroatoms. The zero-order chi connectivity index (χ0) is 59.9. The van der Waals surface area contributed by atoms with Crippen molar-refractivity contribution in [2.75, 3.05) is 39.6 Å². The molecule has 0 rings (SSSR count). The number of ether oxygens (including phenoxy) is 4. The van der Waals surface area contributed by atoms with Crippen LogP contribution in [-0.4, -0.2) is 96.7 Å². The molecule has 0 spiro atoms. The molecular formula is C62H120O17P2. The third-order valence-electron chi connectivity index (χ3n) is 14.3. The third-order valence-corrected chi connectivity index (χ3v) is 16.2. The smallest absolute Gasteiger partial charge is 0.462 e. The van der Waals surface area contributed by atoms with Crippen molar-refractivity contribution in [2.45, 2.75) is 329 Å².